The summed E-state index contributed by atoms with van der Waals surface area (Å²) >= 11 is 0. The topological polar surface area (TPSA) is 15.3 Å². The van der Waals surface area contributed by atoms with Crippen molar-refractivity contribution in [3.63, 3.8) is 0 Å². The van der Waals surface area contributed by atoms with Crippen LogP contribution in [-0.4, -0.2) is 43.3 Å². The standard InChI is InChI=1S/C10H19F3N2/c1-9(2,3)7-15-5-4-14-6-8(15)10(11,12)13/h8,14H,4-7H2,1-3H3. The molecule has 0 radical (unpaired) electrons. The van der Waals surface area contributed by atoms with Crippen molar-refractivity contribution in [3.8, 4) is 0 Å². The minimum atomic E-state index is -4.13. The van der Waals surface area contributed by atoms with Crippen LogP contribution in [0.1, 0.15) is 20.8 Å². The van der Waals surface area contributed by atoms with E-state index in [1.807, 2.05) is 20.8 Å². The summed E-state index contributed by atoms with van der Waals surface area (Å²) in [6.45, 7) is 7.50. The van der Waals surface area contributed by atoms with Crippen LogP contribution in [0.4, 0.5) is 13.2 Å². The zero-order chi connectivity index (χ0) is 11.7. The monoisotopic (exact) mass is 224 g/mol. The van der Waals surface area contributed by atoms with Gasteiger partial charge in [-0.2, -0.15) is 13.2 Å². The molecule has 1 heterocycles. The molecule has 0 aromatic rings. The molecule has 1 aliphatic rings. The first-order valence-electron chi connectivity index (χ1n) is 5.22. The molecule has 0 aromatic carbocycles. The zero-order valence-corrected chi connectivity index (χ0v) is 9.49. The van der Waals surface area contributed by atoms with E-state index in [-0.39, 0.29) is 12.0 Å². The highest BCUT2D eigenvalue weighted by atomic mass is 19.4. The lowest BCUT2D eigenvalue weighted by molar-refractivity contribution is -0.189. The van der Waals surface area contributed by atoms with Gasteiger partial charge in [0.25, 0.3) is 0 Å². The Kier molecular flexibility index (Phi) is 3.66. The molecule has 5 heteroatoms. The highest BCUT2D eigenvalue weighted by Gasteiger charge is 2.45. The van der Waals surface area contributed by atoms with Crippen LogP contribution in [0.2, 0.25) is 0 Å². The van der Waals surface area contributed by atoms with E-state index in [0.717, 1.165) is 0 Å². The van der Waals surface area contributed by atoms with Gasteiger partial charge in [-0.15, -0.1) is 0 Å². The summed E-state index contributed by atoms with van der Waals surface area (Å²) in [6, 6.07) is -1.33. The van der Waals surface area contributed by atoms with Gasteiger partial charge in [0, 0.05) is 26.2 Å². The molecule has 0 aliphatic carbocycles. The molecule has 1 rings (SSSR count). The lowest BCUT2D eigenvalue weighted by Gasteiger charge is -2.40. The number of hydrogen-bond acceptors (Lipinski definition) is 2. The maximum Gasteiger partial charge on any atom is 0.405 e. The van der Waals surface area contributed by atoms with Gasteiger partial charge in [-0.3, -0.25) is 4.90 Å². The van der Waals surface area contributed by atoms with Crippen molar-refractivity contribution < 1.29 is 13.2 Å². The number of nitrogens with one attached hydrogen (secondary N) is 1. The third-order valence-electron chi connectivity index (χ3n) is 2.41. The largest absolute Gasteiger partial charge is 0.405 e. The summed E-state index contributed by atoms with van der Waals surface area (Å²) in [6.07, 6.45) is -4.13. The van der Waals surface area contributed by atoms with Crippen molar-refractivity contribution in [2.45, 2.75) is 33.0 Å². The van der Waals surface area contributed by atoms with Gasteiger partial charge in [0.15, 0.2) is 0 Å². The van der Waals surface area contributed by atoms with E-state index in [2.05, 4.69) is 5.32 Å². The quantitative estimate of drug-likeness (QED) is 0.731. The lowest BCUT2D eigenvalue weighted by atomic mass is 9.94. The van der Waals surface area contributed by atoms with Crippen LogP contribution < -0.4 is 5.32 Å². The summed E-state index contributed by atoms with van der Waals surface area (Å²) in [5.41, 5.74) is -0.0964. The Balaban J connectivity index is 2.66. The van der Waals surface area contributed by atoms with E-state index in [9.17, 15) is 13.2 Å². The summed E-state index contributed by atoms with van der Waals surface area (Å²) in [4.78, 5) is 1.54. The normalized spacial score (nSPS) is 25.6. The van der Waals surface area contributed by atoms with Crippen LogP contribution in [0.25, 0.3) is 0 Å². The summed E-state index contributed by atoms with van der Waals surface area (Å²) in [7, 11) is 0. The first-order chi connectivity index (χ1) is 6.70. The predicted octanol–water partition coefficient (Wildman–Crippen LogP) is 1.87. The SMILES string of the molecule is CC(C)(C)CN1CCNCC1C(F)(F)F. The van der Waals surface area contributed by atoms with Gasteiger partial charge in [-0.05, 0) is 5.41 Å². The summed E-state index contributed by atoms with van der Waals surface area (Å²) in [5, 5.41) is 2.80. The third-order valence-corrected chi connectivity index (χ3v) is 2.41. The second-order valence-electron chi connectivity index (χ2n) is 5.29. The maximum absolute atomic E-state index is 12.7. The Morgan fingerprint density at radius 3 is 2.33 bits per heavy atom. The van der Waals surface area contributed by atoms with E-state index < -0.39 is 12.2 Å². The molecule has 0 spiro atoms. The molecule has 1 atom stereocenters. The highest BCUT2D eigenvalue weighted by Crippen LogP contribution is 2.28. The molecule has 2 nitrogen and oxygen atoms in total. The van der Waals surface area contributed by atoms with E-state index in [4.69, 9.17) is 0 Å². The van der Waals surface area contributed by atoms with Crippen LogP contribution in [0.15, 0.2) is 0 Å². The number of nitrogens with zero attached hydrogens (tertiary/aromatic N) is 1. The van der Waals surface area contributed by atoms with E-state index in [1.54, 1.807) is 0 Å². The first-order valence-corrected chi connectivity index (χ1v) is 5.22. The van der Waals surface area contributed by atoms with Crippen LogP contribution in [0.3, 0.4) is 0 Å². The van der Waals surface area contributed by atoms with Crippen LogP contribution in [-0.2, 0) is 0 Å². The van der Waals surface area contributed by atoms with Gasteiger partial charge >= 0.3 is 6.18 Å². The van der Waals surface area contributed by atoms with Gasteiger partial charge in [0.05, 0.1) is 0 Å². The predicted molar refractivity (Wildman–Crippen MR) is 53.7 cm³/mol. The minimum Gasteiger partial charge on any atom is -0.314 e. The fourth-order valence-electron chi connectivity index (χ4n) is 1.87. The Morgan fingerprint density at radius 2 is 1.87 bits per heavy atom. The zero-order valence-electron chi connectivity index (χ0n) is 9.49. The van der Waals surface area contributed by atoms with E-state index in [1.165, 1.54) is 4.90 Å². The molecule has 90 valence electrons. The second-order valence-corrected chi connectivity index (χ2v) is 5.29. The number of rotatable bonds is 1. The molecule has 0 bridgehead atoms. The molecule has 1 aliphatic heterocycles. The molecule has 1 saturated heterocycles. The van der Waals surface area contributed by atoms with Crippen LogP contribution in [0, 0.1) is 5.41 Å². The number of hydrogen-bond donors (Lipinski definition) is 1. The van der Waals surface area contributed by atoms with Crippen molar-refractivity contribution >= 4 is 0 Å². The molecular formula is C10H19F3N2. The average molecular weight is 224 g/mol. The molecular weight excluding hydrogens is 205 g/mol. The van der Waals surface area contributed by atoms with Crippen LogP contribution >= 0.6 is 0 Å². The van der Waals surface area contributed by atoms with Gasteiger partial charge in [-0.25, -0.2) is 0 Å². The maximum atomic E-state index is 12.7. The van der Waals surface area contributed by atoms with Crippen molar-refractivity contribution in [3.05, 3.63) is 0 Å². The third kappa shape index (κ3) is 3.99. The van der Waals surface area contributed by atoms with Gasteiger partial charge in [0.2, 0.25) is 0 Å². The fourth-order valence-corrected chi connectivity index (χ4v) is 1.87. The number of piperazine rings is 1. The average Bonchev–Trinajstić information content (AvgIpc) is 1.99. The van der Waals surface area contributed by atoms with Gasteiger partial charge in [-0.1, -0.05) is 20.8 Å². The van der Waals surface area contributed by atoms with Crippen LogP contribution in [0.5, 0.6) is 0 Å². The molecule has 0 aromatic heterocycles. The van der Waals surface area contributed by atoms with Crippen molar-refractivity contribution in [2.24, 2.45) is 5.41 Å². The lowest BCUT2D eigenvalue weighted by Crippen LogP contribution is -2.59. The highest BCUT2D eigenvalue weighted by molar-refractivity contribution is 4.87. The summed E-state index contributed by atoms with van der Waals surface area (Å²) < 4.78 is 38.1. The number of halogens is 3. The first kappa shape index (κ1) is 12.8. The summed E-state index contributed by atoms with van der Waals surface area (Å²) in [5.74, 6) is 0. The van der Waals surface area contributed by atoms with E-state index in [0.29, 0.717) is 19.6 Å². The smallest absolute Gasteiger partial charge is 0.314 e. The van der Waals surface area contributed by atoms with Gasteiger partial charge < -0.3 is 5.32 Å². The van der Waals surface area contributed by atoms with Crippen molar-refractivity contribution in [1.29, 1.82) is 0 Å². The van der Waals surface area contributed by atoms with Crippen molar-refractivity contribution in [1.82, 2.24) is 10.2 Å². The molecule has 1 fully saturated rings. The Labute approximate surface area is 88.8 Å². The molecule has 1 N–H and O–H groups in total. The molecule has 1 unspecified atom stereocenters. The Bertz CT molecular complexity index is 208. The van der Waals surface area contributed by atoms with E-state index >= 15 is 0 Å². The number of alkyl halides is 3. The Hall–Kier alpha value is -0.290. The Morgan fingerprint density at radius 1 is 1.27 bits per heavy atom. The molecule has 15 heavy (non-hydrogen) atoms. The second kappa shape index (κ2) is 4.29. The molecule has 0 amide bonds. The van der Waals surface area contributed by atoms with Crippen molar-refractivity contribution in [2.75, 3.05) is 26.2 Å². The molecule has 0 saturated carbocycles. The fraction of sp³-hybridized carbons (Fsp3) is 1.00. The minimum absolute atomic E-state index is 0.0135. The van der Waals surface area contributed by atoms with Gasteiger partial charge in [0.1, 0.15) is 6.04 Å².